The minimum atomic E-state index is 0.630. The zero-order valence-corrected chi connectivity index (χ0v) is 14.8. The van der Waals surface area contributed by atoms with Crippen molar-refractivity contribution < 1.29 is 0 Å². The van der Waals surface area contributed by atoms with Gasteiger partial charge in [0.25, 0.3) is 0 Å². The van der Waals surface area contributed by atoms with Gasteiger partial charge in [-0.2, -0.15) is 0 Å². The van der Waals surface area contributed by atoms with Gasteiger partial charge in [-0.15, -0.1) is 11.3 Å². The average Bonchev–Trinajstić information content (AvgIpc) is 3.05. The molecule has 0 unspecified atom stereocenters. The van der Waals surface area contributed by atoms with Crippen molar-refractivity contribution >= 4 is 28.2 Å². The van der Waals surface area contributed by atoms with E-state index in [1.54, 1.807) is 11.3 Å². The number of pyridine rings is 1. The van der Waals surface area contributed by atoms with Gasteiger partial charge in [-0.05, 0) is 25.5 Å². The number of aromatic nitrogens is 4. The number of hydrogen-bond donors (Lipinski definition) is 1. The van der Waals surface area contributed by atoms with Gasteiger partial charge in [0, 0.05) is 17.1 Å². The second-order valence-electron chi connectivity index (χ2n) is 5.89. The number of hydrogen-bond acceptors (Lipinski definition) is 6. The van der Waals surface area contributed by atoms with Gasteiger partial charge in [-0.3, -0.25) is 0 Å². The maximum Gasteiger partial charge on any atom is 0.164 e. The van der Waals surface area contributed by atoms with E-state index in [-0.39, 0.29) is 0 Å². The molecule has 1 aromatic carbocycles. The first-order chi connectivity index (χ1) is 12.2. The molecule has 5 nitrogen and oxygen atoms in total. The van der Waals surface area contributed by atoms with Crippen LogP contribution in [0.5, 0.6) is 0 Å². The van der Waals surface area contributed by atoms with E-state index in [2.05, 4.69) is 67.9 Å². The van der Waals surface area contributed by atoms with E-state index in [1.165, 1.54) is 11.9 Å². The average molecular weight is 347 g/mol. The predicted molar refractivity (Wildman–Crippen MR) is 102 cm³/mol. The zero-order chi connectivity index (χ0) is 17.2. The van der Waals surface area contributed by atoms with Crippen molar-refractivity contribution in [3.8, 4) is 11.1 Å². The molecule has 0 bridgehead atoms. The van der Waals surface area contributed by atoms with Crippen molar-refractivity contribution in [1.29, 1.82) is 0 Å². The molecule has 0 atom stereocenters. The minimum absolute atomic E-state index is 0.630. The molecule has 0 saturated heterocycles. The van der Waals surface area contributed by atoms with Gasteiger partial charge < -0.3 is 5.32 Å². The molecule has 0 amide bonds. The fraction of sp³-hybridized carbons (Fsp3) is 0.158. The van der Waals surface area contributed by atoms with E-state index in [0.717, 1.165) is 33.0 Å². The van der Waals surface area contributed by atoms with E-state index in [4.69, 9.17) is 0 Å². The lowest BCUT2D eigenvalue weighted by molar-refractivity contribution is 1.03. The fourth-order valence-corrected chi connectivity index (χ4v) is 3.27. The first-order valence-corrected chi connectivity index (χ1v) is 8.90. The highest BCUT2D eigenvalue weighted by atomic mass is 32.1. The molecule has 0 aliphatic rings. The number of nitrogens with one attached hydrogen (secondary N) is 1. The Bertz CT molecular complexity index is 1020. The Kier molecular flexibility index (Phi) is 4.11. The second-order valence-corrected chi connectivity index (χ2v) is 6.96. The van der Waals surface area contributed by atoms with Gasteiger partial charge in [0.15, 0.2) is 5.65 Å². The summed E-state index contributed by atoms with van der Waals surface area (Å²) in [7, 11) is 0. The number of thiazole rings is 1. The van der Waals surface area contributed by atoms with Crippen molar-refractivity contribution in [2.45, 2.75) is 20.4 Å². The van der Waals surface area contributed by atoms with Crippen LogP contribution in [0.2, 0.25) is 0 Å². The van der Waals surface area contributed by atoms with Gasteiger partial charge in [0.05, 0.1) is 22.6 Å². The summed E-state index contributed by atoms with van der Waals surface area (Å²) in [5, 5.41) is 7.39. The van der Waals surface area contributed by atoms with Crippen molar-refractivity contribution in [3.05, 3.63) is 64.5 Å². The van der Waals surface area contributed by atoms with Crippen LogP contribution in [0.3, 0.4) is 0 Å². The van der Waals surface area contributed by atoms with Crippen LogP contribution in [0.25, 0.3) is 22.2 Å². The molecule has 25 heavy (non-hydrogen) atoms. The van der Waals surface area contributed by atoms with Crippen LogP contribution in [0.15, 0.2) is 48.2 Å². The number of aryl methyl sites for hydroxylation is 2. The van der Waals surface area contributed by atoms with Crippen molar-refractivity contribution in [2.24, 2.45) is 0 Å². The molecule has 0 fully saturated rings. The Morgan fingerprint density at radius 3 is 2.60 bits per heavy atom. The Morgan fingerprint density at radius 2 is 1.84 bits per heavy atom. The van der Waals surface area contributed by atoms with Crippen LogP contribution < -0.4 is 5.32 Å². The molecule has 0 aliphatic heterocycles. The number of anilines is 1. The third-order valence-corrected chi connectivity index (χ3v) is 4.80. The SMILES string of the molecule is Cc1ccc(-c2cnc3ncnc(NCc4csc(C)n4)c3c2)cc1. The van der Waals surface area contributed by atoms with Crippen LogP contribution >= 0.6 is 11.3 Å². The van der Waals surface area contributed by atoms with Crippen LogP contribution in [0.1, 0.15) is 16.3 Å². The second kappa shape index (κ2) is 6.57. The molecule has 4 rings (SSSR count). The molecule has 3 heterocycles. The number of fused-ring (bicyclic) bond motifs is 1. The molecule has 0 radical (unpaired) electrons. The lowest BCUT2D eigenvalue weighted by Crippen LogP contribution is -2.03. The van der Waals surface area contributed by atoms with Crippen LogP contribution in [-0.4, -0.2) is 19.9 Å². The highest BCUT2D eigenvalue weighted by Crippen LogP contribution is 2.25. The fourth-order valence-electron chi connectivity index (χ4n) is 2.65. The normalized spacial score (nSPS) is 11.0. The minimum Gasteiger partial charge on any atom is -0.364 e. The molecule has 124 valence electrons. The quantitative estimate of drug-likeness (QED) is 0.593. The number of benzene rings is 1. The Morgan fingerprint density at radius 1 is 1.00 bits per heavy atom. The number of nitrogens with zero attached hydrogens (tertiary/aromatic N) is 4. The first-order valence-electron chi connectivity index (χ1n) is 8.02. The van der Waals surface area contributed by atoms with Gasteiger partial charge in [0.1, 0.15) is 12.1 Å². The molecule has 1 N–H and O–H groups in total. The Balaban J connectivity index is 1.69. The van der Waals surface area contributed by atoms with E-state index in [9.17, 15) is 0 Å². The largest absolute Gasteiger partial charge is 0.364 e. The summed E-state index contributed by atoms with van der Waals surface area (Å²) >= 11 is 1.65. The van der Waals surface area contributed by atoms with E-state index in [0.29, 0.717) is 12.2 Å². The lowest BCUT2D eigenvalue weighted by atomic mass is 10.1. The van der Waals surface area contributed by atoms with Crippen molar-refractivity contribution in [2.75, 3.05) is 5.32 Å². The van der Waals surface area contributed by atoms with Crippen LogP contribution in [0.4, 0.5) is 5.82 Å². The topological polar surface area (TPSA) is 63.6 Å². The lowest BCUT2D eigenvalue weighted by Gasteiger charge is -2.08. The molecule has 0 spiro atoms. The molecular formula is C19H17N5S. The third kappa shape index (κ3) is 3.34. The van der Waals surface area contributed by atoms with E-state index >= 15 is 0 Å². The summed E-state index contributed by atoms with van der Waals surface area (Å²) in [5.74, 6) is 0.775. The highest BCUT2D eigenvalue weighted by molar-refractivity contribution is 7.09. The monoisotopic (exact) mass is 347 g/mol. The van der Waals surface area contributed by atoms with Gasteiger partial charge >= 0.3 is 0 Å². The maximum absolute atomic E-state index is 4.50. The molecular weight excluding hydrogens is 330 g/mol. The van der Waals surface area contributed by atoms with Crippen LogP contribution in [-0.2, 0) is 6.54 Å². The number of rotatable bonds is 4. The summed E-state index contributed by atoms with van der Waals surface area (Å²) in [6, 6.07) is 10.5. The van der Waals surface area contributed by atoms with Crippen molar-refractivity contribution in [3.63, 3.8) is 0 Å². The predicted octanol–water partition coefficient (Wildman–Crippen LogP) is 4.38. The first kappa shape index (κ1) is 15.7. The third-order valence-electron chi connectivity index (χ3n) is 3.98. The summed E-state index contributed by atoms with van der Waals surface area (Å²) in [5.41, 5.74) is 5.11. The smallest absolute Gasteiger partial charge is 0.164 e. The van der Waals surface area contributed by atoms with Gasteiger partial charge in [-0.25, -0.2) is 19.9 Å². The van der Waals surface area contributed by atoms with Crippen LogP contribution in [0, 0.1) is 13.8 Å². The molecule has 3 aromatic heterocycles. The molecule has 4 aromatic rings. The maximum atomic E-state index is 4.50. The summed E-state index contributed by atoms with van der Waals surface area (Å²) in [6.07, 6.45) is 3.39. The summed E-state index contributed by atoms with van der Waals surface area (Å²) in [6.45, 7) is 4.72. The zero-order valence-electron chi connectivity index (χ0n) is 14.0. The molecule has 0 aliphatic carbocycles. The summed E-state index contributed by atoms with van der Waals surface area (Å²) < 4.78 is 0. The highest BCUT2D eigenvalue weighted by Gasteiger charge is 2.08. The van der Waals surface area contributed by atoms with Gasteiger partial charge in [-0.1, -0.05) is 29.8 Å². The standard InChI is InChI=1S/C19H17N5S/c1-12-3-5-14(6-4-12)15-7-17-18(20-8-15)22-11-23-19(17)21-9-16-10-25-13(2)24-16/h3-8,10-11H,9H2,1-2H3,(H,20,21,22,23). The Hall–Kier alpha value is -2.86. The molecule has 0 saturated carbocycles. The van der Waals surface area contributed by atoms with Gasteiger partial charge in [0.2, 0.25) is 0 Å². The van der Waals surface area contributed by atoms with E-state index in [1.807, 2.05) is 13.1 Å². The molecule has 6 heteroatoms. The van der Waals surface area contributed by atoms with Crippen molar-refractivity contribution in [1.82, 2.24) is 19.9 Å². The summed E-state index contributed by atoms with van der Waals surface area (Å²) in [4.78, 5) is 17.6. The van der Waals surface area contributed by atoms with E-state index < -0.39 is 0 Å². The Labute approximate surface area is 149 Å².